The second-order valence-corrected chi connectivity index (χ2v) is 6.42. The number of rotatable bonds is 8. The van der Waals surface area contributed by atoms with Gasteiger partial charge >= 0.3 is 0 Å². The molecular weight excluding hydrogens is 346 g/mol. The van der Waals surface area contributed by atoms with Crippen LogP contribution < -0.4 is 20.1 Å². The molecule has 1 aromatic carbocycles. The van der Waals surface area contributed by atoms with E-state index in [1.807, 2.05) is 0 Å². The number of hydrogen-bond acceptors (Lipinski definition) is 5. The van der Waals surface area contributed by atoms with E-state index in [-0.39, 0.29) is 11.8 Å². The van der Waals surface area contributed by atoms with Gasteiger partial charge in [-0.25, -0.2) is 0 Å². The third kappa shape index (κ3) is 5.70. The molecule has 144 valence electrons. The van der Waals surface area contributed by atoms with Crippen molar-refractivity contribution in [2.75, 3.05) is 26.1 Å². The molecule has 0 unspecified atom stereocenters. The van der Waals surface area contributed by atoms with Crippen molar-refractivity contribution < 1.29 is 19.1 Å². The van der Waals surface area contributed by atoms with E-state index in [1.54, 1.807) is 25.3 Å². The Morgan fingerprint density at radius 1 is 1.00 bits per heavy atom. The first kappa shape index (κ1) is 20.2. The summed E-state index contributed by atoms with van der Waals surface area (Å²) in [5.74, 6) is 0.960. The van der Waals surface area contributed by atoms with Crippen molar-refractivity contribution in [2.24, 2.45) is 5.92 Å². The highest BCUT2D eigenvalue weighted by Gasteiger charge is 2.13. The normalized spacial score (nSPS) is 10.4. The zero-order valence-electron chi connectivity index (χ0n) is 16.0. The first-order valence-electron chi connectivity index (χ1n) is 8.71. The lowest BCUT2D eigenvalue weighted by Gasteiger charge is -2.11. The van der Waals surface area contributed by atoms with E-state index >= 15 is 0 Å². The molecule has 7 heteroatoms. The number of benzene rings is 1. The predicted molar refractivity (Wildman–Crippen MR) is 104 cm³/mol. The van der Waals surface area contributed by atoms with E-state index in [0.717, 1.165) is 6.42 Å². The van der Waals surface area contributed by atoms with Gasteiger partial charge in [-0.3, -0.25) is 14.6 Å². The Morgan fingerprint density at radius 3 is 2.30 bits per heavy atom. The second-order valence-electron chi connectivity index (χ2n) is 6.42. The molecule has 1 heterocycles. The predicted octanol–water partition coefficient (Wildman–Crippen LogP) is 3.13. The zero-order chi connectivity index (χ0) is 19.8. The third-order valence-corrected chi connectivity index (χ3v) is 3.91. The molecule has 0 aliphatic heterocycles. The van der Waals surface area contributed by atoms with Gasteiger partial charge in [0.2, 0.25) is 0 Å². The largest absolute Gasteiger partial charge is 0.493 e. The Bertz CT molecular complexity index is 806. The molecule has 7 nitrogen and oxygen atoms in total. The van der Waals surface area contributed by atoms with Crippen molar-refractivity contribution in [3.05, 3.63) is 47.8 Å². The quantitative estimate of drug-likeness (QED) is 0.744. The fraction of sp³-hybridized carbons (Fsp3) is 0.350. The number of anilines is 1. The number of carbonyl (C=O) groups is 2. The minimum absolute atomic E-state index is 0.246. The van der Waals surface area contributed by atoms with E-state index in [2.05, 4.69) is 29.5 Å². The number of amides is 2. The summed E-state index contributed by atoms with van der Waals surface area (Å²) in [6, 6.07) is 6.58. The lowest BCUT2D eigenvalue weighted by molar-refractivity contribution is 0.0951. The highest BCUT2D eigenvalue weighted by Crippen LogP contribution is 2.29. The first-order chi connectivity index (χ1) is 12.9. The molecule has 1 aromatic heterocycles. The molecular formula is C20H25N3O4. The van der Waals surface area contributed by atoms with Gasteiger partial charge in [-0.15, -0.1) is 0 Å². The molecule has 0 aliphatic carbocycles. The third-order valence-electron chi connectivity index (χ3n) is 3.91. The Hall–Kier alpha value is -3.09. The van der Waals surface area contributed by atoms with Gasteiger partial charge in [0, 0.05) is 30.7 Å². The monoisotopic (exact) mass is 371 g/mol. The summed E-state index contributed by atoms with van der Waals surface area (Å²) in [5, 5.41) is 5.60. The van der Waals surface area contributed by atoms with Crippen LogP contribution in [0.2, 0.25) is 0 Å². The summed E-state index contributed by atoms with van der Waals surface area (Å²) < 4.78 is 10.4. The van der Waals surface area contributed by atoms with Gasteiger partial charge in [0.05, 0.1) is 25.3 Å². The Morgan fingerprint density at radius 2 is 1.67 bits per heavy atom. The highest BCUT2D eigenvalue weighted by atomic mass is 16.5. The van der Waals surface area contributed by atoms with Crippen LogP contribution in [0.15, 0.2) is 36.7 Å². The maximum absolute atomic E-state index is 12.5. The molecule has 27 heavy (non-hydrogen) atoms. The van der Waals surface area contributed by atoms with Crippen LogP contribution in [0.25, 0.3) is 0 Å². The maximum atomic E-state index is 12.5. The van der Waals surface area contributed by atoms with E-state index in [1.165, 1.54) is 25.6 Å². The Kier molecular flexibility index (Phi) is 7.16. The number of nitrogens with zero attached hydrogens (tertiary/aromatic N) is 1. The van der Waals surface area contributed by atoms with Gasteiger partial charge in [-0.2, -0.15) is 0 Å². The van der Waals surface area contributed by atoms with E-state index in [4.69, 9.17) is 9.47 Å². The summed E-state index contributed by atoms with van der Waals surface area (Å²) in [5.41, 5.74) is 1.18. The van der Waals surface area contributed by atoms with Crippen molar-refractivity contribution in [1.82, 2.24) is 10.3 Å². The van der Waals surface area contributed by atoms with Crippen LogP contribution in [0.3, 0.4) is 0 Å². The number of ether oxygens (including phenoxy) is 2. The van der Waals surface area contributed by atoms with Crippen LogP contribution in [-0.2, 0) is 0 Å². The Labute approximate surface area is 159 Å². The van der Waals surface area contributed by atoms with E-state index in [0.29, 0.717) is 40.8 Å². The number of hydrogen-bond donors (Lipinski definition) is 2. The van der Waals surface area contributed by atoms with E-state index < -0.39 is 0 Å². The number of carbonyl (C=O) groups excluding carboxylic acids is 2. The van der Waals surface area contributed by atoms with Gasteiger partial charge in [0.25, 0.3) is 11.8 Å². The van der Waals surface area contributed by atoms with Crippen LogP contribution in [0, 0.1) is 5.92 Å². The molecule has 0 spiro atoms. The number of aromatic nitrogens is 1. The summed E-state index contributed by atoms with van der Waals surface area (Å²) in [4.78, 5) is 28.7. The molecule has 0 bridgehead atoms. The van der Waals surface area contributed by atoms with Gasteiger partial charge in [0.1, 0.15) is 0 Å². The van der Waals surface area contributed by atoms with Crippen LogP contribution in [0.4, 0.5) is 5.69 Å². The van der Waals surface area contributed by atoms with Crippen LogP contribution in [0.5, 0.6) is 11.5 Å². The summed E-state index contributed by atoms with van der Waals surface area (Å²) in [6.07, 6.45) is 3.75. The molecule has 0 saturated heterocycles. The second kappa shape index (κ2) is 9.56. The fourth-order valence-corrected chi connectivity index (χ4v) is 2.38. The lowest BCUT2D eigenvalue weighted by Crippen LogP contribution is -2.26. The topological polar surface area (TPSA) is 89.5 Å². The molecule has 0 atom stereocenters. The average Bonchev–Trinajstić information content (AvgIpc) is 2.67. The van der Waals surface area contributed by atoms with Crippen LogP contribution in [0.1, 0.15) is 41.0 Å². The zero-order valence-corrected chi connectivity index (χ0v) is 16.0. The van der Waals surface area contributed by atoms with Crippen LogP contribution in [-0.4, -0.2) is 37.6 Å². The van der Waals surface area contributed by atoms with Crippen molar-refractivity contribution in [3.63, 3.8) is 0 Å². The minimum Gasteiger partial charge on any atom is -0.493 e. The highest BCUT2D eigenvalue weighted by molar-refractivity contribution is 6.06. The molecule has 0 fully saturated rings. The molecule has 0 radical (unpaired) electrons. The molecule has 2 N–H and O–H groups in total. The number of nitrogens with one attached hydrogen (secondary N) is 2. The smallest absolute Gasteiger partial charge is 0.257 e. The summed E-state index contributed by atoms with van der Waals surface area (Å²) >= 11 is 0. The molecule has 0 aliphatic rings. The van der Waals surface area contributed by atoms with Crippen molar-refractivity contribution in [1.29, 1.82) is 0 Å². The molecule has 2 aromatic rings. The van der Waals surface area contributed by atoms with Gasteiger partial charge < -0.3 is 20.1 Å². The molecule has 2 rings (SSSR count). The van der Waals surface area contributed by atoms with E-state index in [9.17, 15) is 9.59 Å². The SMILES string of the molecule is COc1ccc(NC(=O)c2cncc(C(=O)NCCC(C)C)c2)cc1OC. The number of pyridine rings is 1. The maximum Gasteiger partial charge on any atom is 0.257 e. The van der Waals surface area contributed by atoms with Crippen molar-refractivity contribution >= 4 is 17.5 Å². The summed E-state index contributed by atoms with van der Waals surface area (Å²) in [7, 11) is 3.06. The van der Waals surface area contributed by atoms with Crippen LogP contribution >= 0.6 is 0 Å². The Balaban J connectivity index is 2.07. The van der Waals surface area contributed by atoms with Gasteiger partial charge in [-0.1, -0.05) is 13.8 Å². The average molecular weight is 371 g/mol. The summed E-state index contributed by atoms with van der Waals surface area (Å²) in [6.45, 7) is 4.76. The number of methoxy groups -OCH3 is 2. The molecule has 2 amide bonds. The van der Waals surface area contributed by atoms with Gasteiger partial charge in [0.15, 0.2) is 11.5 Å². The molecule has 0 saturated carbocycles. The lowest BCUT2D eigenvalue weighted by atomic mass is 10.1. The minimum atomic E-state index is -0.369. The van der Waals surface area contributed by atoms with Crippen molar-refractivity contribution in [2.45, 2.75) is 20.3 Å². The fourth-order valence-electron chi connectivity index (χ4n) is 2.38. The first-order valence-corrected chi connectivity index (χ1v) is 8.71. The standard InChI is InChI=1S/C20H25N3O4/c1-13(2)7-8-22-19(24)14-9-15(12-21-11-14)20(25)23-16-5-6-17(26-3)18(10-16)27-4/h5-6,9-13H,7-8H2,1-4H3,(H,22,24)(H,23,25). The van der Waals surface area contributed by atoms with Crippen molar-refractivity contribution in [3.8, 4) is 11.5 Å². The van der Waals surface area contributed by atoms with Gasteiger partial charge in [-0.05, 0) is 30.5 Å².